The van der Waals surface area contributed by atoms with Crippen molar-refractivity contribution < 1.29 is 9.47 Å². The molecule has 0 amide bonds. The maximum atomic E-state index is 5.58. The first kappa shape index (κ1) is 14.7. The molecule has 0 saturated carbocycles. The number of aromatic nitrogens is 2. The zero-order valence-corrected chi connectivity index (χ0v) is 11.9. The highest BCUT2D eigenvalue weighted by Crippen LogP contribution is 2.14. The molecule has 0 aliphatic rings. The lowest BCUT2D eigenvalue weighted by Crippen LogP contribution is -2.19. The van der Waals surface area contributed by atoms with E-state index < -0.39 is 0 Å². The summed E-state index contributed by atoms with van der Waals surface area (Å²) in [4.78, 5) is 8.68. The second-order valence-corrected chi connectivity index (χ2v) is 4.66. The number of hydrogen-bond donors (Lipinski definition) is 1. The van der Waals surface area contributed by atoms with Gasteiger partial charge in [0.1, 0.15) is 0 Å². The Kier molecular flexibility index (Phi) is 5.85. The minimum absolute atomic E-state index is 0.109. The molecule has 102 valence electrons. The number of nitrogens with zero attached hydrogens (tertiary/aromatic N) is 2. The minimum atomic E-state index is 0.109. The van der Waals surface area contributed by atoms with E-state index >= 15 is 0 Å². The lowest BCUT2D eigenvalue weighted by Gasteiger charge is -2.15. The topological polar surface area (TPSA) is 56.3 Å². The summed E-state index contributed by atoms with van der Waals surface area (Å²) in [5, 5.41) is 3.25. The van der Waals surface area contributed by atoms with Gasteiger partial charge in [0, 0.05) is 31.5 Å². The monoisotopic (exact) mass is 253 g/mol. The summed E-state index contributed by atoms with van der Waals surface area (Å²) in [6.45, 7) is 8.68. The molecule has 1 atom stereocenters. The summed E-state index contributed by atoms with van der Waals surface area (Å²) in [6.07, 6.45) is 1.02. The number of methoxy groups -OCH3 is 1. The van der Waals surface area contributed by atoms with Crippen molar-refractivity contribution in [3.8, 4) is 5.88 Å². The summed E-state index contributed by atoms with van der Waals surface area (Å²) in [7, 11) is 1.70. The highest BCUT2D eigenvalue weighted by atomic mass is 16.5. The van der Waals surface area contributed by atoms with Crippen molar-refractivity contribution in [3.05, 3.63) is 11.8 Å². The van der Waals surface area contributed by atoms with Crippen LogP contribution in [-0.4, -0.2) is 35.8 Å². The Balaban J connectivity index is 2.67. The van der Waals surface area contributed by atoms with Crippen molar-refractivity contribution in [1.29, 1.82) is 0 Å². The van der Waals surface area contributed by atoms with Gasteiger partial charge < -0.3 is 14.8 Å². The Hall–Kier alpha value is -1.36. The Morgan fingerprint density at radius 1 is 1.28 bits per heavy atom. The van der Waals surface area contributed by atoms with E-state index in [0.29, 0.717) is 11.8 Å². The Morgan fingerprint density at radius 2 is 2.00 bits per heavy atom. The van der Waals surface area contributed by atoms with E-state index in [-0.39, 0.29) is 12.1 Å². The van der Waals surface area contributed by atoms with Gasteiger partial charge in [0.2, 0.25) is 11.8 Å². The zero-order chi connectivity index (χ0) is 13.5. The molecule has 0 spiro atoms. The molecule has 1 unspecified atom stereocenters. The Bertz CT molecular complexity index is 369. The van der Waals surface area contributed by atoms with E-state index in [1.165, 1.54) is 0 Å². The van der Waals surface area contributed by atoms with E-state index in [4.69, 9.17) is 9.47 Å². The van der Waals surface area contributed by atoms with Crippen molar-refractivity contribution >= 4 is 5.95 Å². The SMILES string of the molecule is COCCC(C)Nc1nc(C)cc(OC(C)C)n1. The van der Waals surface area contributed by atoms with E-state index in [9.17, 15) is 0 Å². The standard InChI is InChI=1S/C13H23N3O2/c1-9(2)18-12-8-11(4)15-13(16-12)14-10(3)6-7-17-5/h8-10H,6-7H2,1-5H3,(H,14,15,16). The third-order valence-corrected chi connectivity index (χ3v) is 2.32. The van der Waals surface area contributed by atoms with Crippen LogP contribution in [0.5, 0.6) is 5.88 Å². The van der Waals surface area contributed by atoms with Crippen molar-refractivity contribution in [2.45, 2.75) is 46.3 Å². The van der Waals surface area contributed by atoms with Crippen LogP contribution >= 0.6 is 0 Å². The lowest BCUT2D eigenvalue weighted by atomic mass is 10.2. The molecule has 0 fully saturated rings. The van der Waals surface area contributed by atoms with Gasteiger partial charge in [0.15, 0.2) is 0 Å². The zero-order valence-electron chi connectivity index (χ0n) is 11.9. The van der Waals surface area contributed by atoms with E-state index in [1.807, 2.05) is 26.8 Å². The molecule has 0 aliphatic heterocycles. The fourth-order valence-electron chi connectivity index (χ4n) is 1.49. The van der Waals surface area contributed by atoms with Gasteiger partial charge in [-0.2, -0.15) is 4.98 Å². The first-order valence-corrected chi connectivity index (χ1v) is 6.29. The Morgan fingerprint density at radius 3 is 2.61 bits per heavy atom. The average molecular weight is 253 g/mol. The van der Waals surface area contributed by atoms with Gasteiger partial charge in [-0.05, 0) is 34.1 Å². The van der Waals surface area contributed by atoms with Gasteiger partial charge in [-0.25, -0.2) is 4.98 Å². The van der Waals surface area contributed by atoms with E-state index in [2.05, 4.69) is 22.2 Å². The number of aryl methyl sites for hydroxylation is 1. The normalized spacial score (nSPS) is 12.6. The van der Waals surface area contributed by atoms with E-state index in [1.54, 1.807) is 7.11 Å². The molecule has 0 aromatic carbocycles. The highest BCUT2D eigenvalue weighted by molar-refractivity contribution is 5.31. The van der Waals surface area contributed by atoms with Crippen LogP contribution in [0.3, 0.4) is 0 Å². The maximum absolute atomic E-state index is 5.58. The number of rotatable bonds is 7. The van der Waals surface area contributed by atoms with Crippen LogP contribution in [0.2, 0.25) is 0 Å². The molecule has 0 bridgehead atoms. The van der Waals surface area contributed by atoms with Gasteiger partial charge in [-0.15, -0.1) is 0 Å². The second kappa shape index (κ2) is 7.16. The fraction of sp³-hybridized carbons (Fsp3) is 0.692. The Labute approximate surface area is 109 Å². The summed E-state index contributed by atoms with van der Waals surface area (Å²) >= 11 is 0. The molecule has 18 heavy (non-hydrogen) atoms. The van der Waals surface area contributed by atoms with Crippen molar-refractivity contribution in [3.63, 3.8) is 0 Å². The molecule has 5 heteroatoms. The smallest absolute Gasteiger partial charge is 0.226 e. The predicted octanol–water partition coefficient (Wildman–Crippen LogP) is 2.41. The van der Waals surface area contributed by atoms with Gasteiger partial charge in [0.25, 0.3) is 0 Å². The predicted molar refractivity (Wildman–Crippen MR) is 72.1 cm³/mol. The van der Waals surface area contributed by atoms with Crippen LogP contribution in [0.4, 0.5) is 5.95 Å². The molecule has 0 radical (unpaired) electrons. The molecule has 0 aliphatic carbocycles. The number of hydrogen-bond acceptors (Lipinski definition) is 5. The first-order chi connectivity index (χ1) is 8.51. The maximum Gasteiger partial charge on any atom is 0.226 e. The lowest BCUT2D eigenvalue weighted by molar-refractivity contribution is 0.191. The molecule has 0 saturated heterocycles. The van der Waals surface area contributed by atoms with Crippen LogP contribution in [0.15, 0.2) is 6.07 Å². The summed E-state index contributed by atoms with van der Waals surface area (Å²) in [5.74, 6) is 1.22. The average Bonchev–Trinajstić information content (AvgIpc) is 2.24. The first-order valence-electron chi connectivity index (χ1n) is 6.29. The molecule has 5 nitrogen and oxygen atoms in total. The van der Waals surface area contributed by atoms with Gasteiger partial charge in [-0.1, -0.05) is 0 Å². The van der Waals surface area contributed by atoms with Crippen molar-refractivity contribution in [1.82, 2.24) is 9.97 Å². The van der Waals surface area contributed by atoms with Crippen LogP contribution in [0.1, 0.15) is 32.9 Å². The van der Waals surface area contributed by atoms with Crippen LogP contribution in [-0.2, 0) is 4.74 Å². The molecule has 1 aromatic heterocycles. The van der Waals surface area contributed by atoms with Crippen molar-refractivity contribution in [2.24, 2.45) is 0 Å². The third-order valence-electron chi connectivity index (χ3n) is 2.32. The van der Waals surface area contributed by atoms with E-state index in [0.717, 1.165) is 18.7 Å². The van der Waals surface area contributed by atoms with Gasteiger partial charge in [0.05, 0.1) is 6.10 Å². The van der Waals surface area contributed by atoms with Gasteiger partial charge >= 0.3 is 0 Å². The molecular formula is C13H23N3O2. The summed E-state index contributed by atoms with van der Waals surface area (Å²) in [6, 6.07) is 2.10. The molecular weight excluding hydrogens is 230 g/mol. The number of nitrogens with one attached hydrogen (secondary N) is 1. The van der Waals surface area contributed by atoms with Crippen LogP contribution in [0.25, 0.3) is 0 Å². The number of ether oxygens (including phenoxy) is 2. The summed E-state index contributed by atoms with van der Waals surface area (Å²) < 4.78 is 10.6. The largest absolute Gasteiger partial charge is 0.475 e. The van der Waals surface area contributed by atoms with Crippen molar-refractivity contribution in [2.75, 3.05) is 19.0 Å². The molecule has 1 aromatic rings. The van der Waals surface area contributed by atoms with Crippen LogP contribution in [0, 0.1) is 6.92 Å². The highest BCUT2D eigenvalue weighted by Gasteiger charge is 2.08. The van der Waals surface area contributed by atoms with Gasteiger partial charge in [-0.3, -0.25) is 0 Å². The minimum Gasteiger partial charge on any atom is -0.475 e. The fourth-order valence-corrected chi connectivity index (χ4v) is 1.49. The summed E-state index contributed by atoms with van der Waals surface area (Å²) in [5.41, 5.74) is 0.891. The molecule has 1 N–H and O–H groups in total. The number of anilines is 1. The quantitative estimate of drug-likeness (QED) is 0.808. The molecule has 1 rings (SSSR count). The molecule has 1 heterocycles. The van der Waals surface area contributed by atoms with Crippen LogP contribution < -0.4 is 10.1 Å². The third kappa shape index (κ3) is 5.31. The second-order valence-electron chi connectivity index (χ2n) is 4.66.